The quantitative estimate of drug-likeness (QED) is 0.668. The van der Waals surface area contributed by atoms with Gasteiger partial charge >= 0.3 is 5.97 Å². The molecule has 0 fully saturated rings. The highest BCUT2D eigenvalue weighted by molar-refractivity contribution is 7.98. The number of rotatable bonds is 2. The maximum absolute atomic E-state index is 11.0. The second-order valence-corrected chi connectivity index (χ2v) is 2.92. The Bertz CT molecular complexity index is 358. The minimum Gasteiger partial charge on any atom is -0.477 e. The Labute approximate surface area is 72.6 Å². The van der Waals surface area contributed by atoms with Crippen LogP contribution in [0.3, 0.4) is 0 Å². The van der Waals surface area contributed by atoms with Crippen molar-refractivity contribution in [1.29, 1.82) is 0 Å². The first-order valence-electron chi connectivity index (χ1n) is 3.15. The van der Waals surface area contributed by atoms with Gasteiger partial charge in [0, 0.05) is 0 Å². The fraction of sp³-hybridized carbons (Fsp3) is 0.143. The van der Waals surface area contributed by atoms with E-state index < -0.39 is 11.5 Å². The van der Waals surface area contributed by atoms with Crippen LogP contribution in [0, 0.1) is 0 Å². The van der Waals surface area contributed by atoms with E-state index in [2.05, 4.69) is 4.98 Å². The monoisotopic (exact) mass is 185 g/mol. The maximum atomic E-state index is 11.0. The first kappa shape index (κ1) is 8.86. The van der Waals surface area contributed by atoms with Crippen molar-refractivity contribution < 1.29 is 9.90 Å². The number of thioether (sulfide) groups is 1. The summed E-state index contributed by atoms with van der Waals surface area (Å²) in [5, 5.41) is 9.16. The third kappa shape index (κ3) is 1.68. The molecule has 1 aromatic heterocycles. The number of H-pyrrole nitrogens is 1. The average Bonchev–Trinajstić information content (AvgIpc) is 2.03. The molecule has 0 radical (unpaired) electrons. The minimum absolute atomic E-state index is 0.229. The van der Waals surface area contributed by atoms with E-state index in [1.807, 2.05) is 0 Å². The summed E-state index contributed by atoms with van der Waals surface area (Å²) >= 11 is 1.35. The minimum atomic E-state index is -1.20. The van der Waals surface area contributed by atoms with Gasteiger partial charge in [-0.1, -0.05) is 0 Å². The standard InChI is InChI=1S/C7H7NO3S/c1-12-5-3-2-4(7(10)11)6(9)8-5/h2-3H,1H3,(H,8,9)(H,10,11). The van der Waals surface area contributed by atoms with E-state index in [-0.39, 0.29) is 5.56 Å². The molecule has 0 saturated carbocycles. The summed E-state index contributed by atoms with van der Waals surface area (Å²) in [6, 6.07) is 2.86. The van der Waals surface area contributed by atoms with Crippen LogP contribution in [0.4, 0.5) is 0 Å². The van der Waals surface area contributed by atoms with Crippen LogP contribution in [0.2, 0.25) is 0 Å². The lowest BCUT2D eigenvalue weighted by molar-refractivity contribution is 0.0695. The lowest BCUT2D eigenvalue weighted by Crippen LogP contribution is -2.17. The Balaban J connectivity index is 3.21. The molecule has 0 bridgehead atoms. The summed E-state index contributed by atoms with van der Waals surface area (Å²) in [5.41, 5.74) is -0.790. The molecule has 0 spiro atoms. The molecule has 12 heavy (non-hydrogen) atoms. The zero-order chi connectivity index (χ0) is 9.14. The first-order chi connectivity index (χ1) is 5.65. The Morgan fingerprint density at radius 3 is 2.67 bits per heavy atom. The van der Waals surface area contributed by atoms with Crippen molar-refractivity contribution in [3.63, 3.8) is 0 Å². The SMILES string of the molecule is CSc1ccc(C(=O)O)c(=O)[nH]1. The van der Waals surface area contributed by atoms with Crippen LogP contribution in [0.1, 0.15) is 10.4 Å². The number of carboxylic acid groups (broad SMARTS) is 1. The van der Waals surface area contributed by atoms with E-state index in [0.29, 0.717) is 5.03 Å². The second kappa shape index (κ2) is 3.44. The third-order valence-electron chi connectivity index (χ3n) is 1.33. The van der Waals surface area contributed by atoms with Gasteiger partial charge in [0.05, 0.1) is 5.03 Å². The number of hydrogen-bond donors (Lipinski definition) is 2. The van der Waals surface area contributed by atoms with Crippen molar-refractivity contribution in [2.24, 2.45) is 0 Å². The van der Waals surface area contributed by atoms with Crippen molar-refractivity contribution in [3.05, 3.63) is 28.0 Å². The summed E-state index contributed by atoms with van der Waals surface area (Å²) in [6.45, 7) is 0. The van der Waals surface area contributed by atoms with Gasteiger partial charge in [0.2, 0.25) is 0 Å². The lowest BCUT2D eigenvalue weighted by Gasteiger charge is -1.96. The zero-order valence-corrected chi connectivity index (χ0v) is 7.14. The number of carboxylic acids is 1. The van der Waals surface area contributed by atoms with Crippen molar-refractivity contribution in [2.75, 3.05) is 6.26 Å². The van der Waals surface area contributed by atoms with Crippen LogP contribution in [-0.4, -0.2) is 22.3 Å². The molecule has 0 aliphatic heterocycles. The smallest absolute Gasteiger partial charge is 0.341 e. The fourth-order valence-electron chi connectivity index (χ4n) is 0.743. The third-order valence-corrected chi connectivity index (χ3v) is 2.01. The van der Waals surface area contributed by atoms with Gasteiger partial charge in [-0.05, 0) is 18.4 Å². The molecule has 1 heterocycles. The molecule has 0 unspecified atom stereocenters. The Morgan fingerprint density at radius 2 is 2.25 bits per heavy atom. The van der Waals surface area contributed by atoms with Crippen LogP contribution in [-0.2, 0) is 0 Å². The molecular weight excluding hydrogens is 178 g/mol. The van der Waals surface area contributed by atoms with Crippen molar-refractivity contribution in [2.45, 2.75) is 5.03 Å². The molecule has 0 atom stereocenters. The first-order valence-corrected chi connectivity index (χ1v) is 4.38. The lowest BCUT2D eigenvalue weighted by atomic mass is 10.3. The molecule has 64 valence electrons. The van der Waals surface area contributed by atoms with Crippen LogP contribution < -0.4 is 5.56 Å². The maximum Gasteiger partial charge on any atom is 0.341 e. The van der Waals surface area contributed by atoms with Crippen LogP contribution >= 0.6 is 11.8 Å². The number of carbonyl (C=O) groups is 1. The van der Waals surface area contributed by atoms with Gasteiger partial charge in [-0.15, -0.1) is 11.8 Å². The normalized spacial score (nSPS) is 9.75. The van der Waals surface area contributed by atoms with Crippen molar-refractivity contribution in [3.8, 4) is 0 Å². The van der Waals surface area contributed by atoms with Crippen LogP contribution in [0.5, 0.6) is 0 Å². The summed E-state index contributed by atoms with van der Waals surface area (Å²) < 4.78 is 0. The van der Waals surface area contributed by atoms with Crippen molar-refractivity contribution >= 4 is 17.7 Å². The van der Waals surface area contributed by atoms with E-state index in [0.717, 1.165) is 0 Å². The Morgan fingerprint density at radius 1 is 1.58 bits per heavy atom. The number of hydrogen-bond acceptors (Lipinski definition) is 3. The molecule has 4 nitrogen and oxygen atoms in total. The highest BCUT2D eigenvalue weighted by atomic mass is 32.2. The van der Waals surface area contributed by atoms with Gasteiger partial charge in [-0.2, -0.15) is 0 Å². The van der Waals surface area contributed by atoms with E-state index >= 15 is 0 Å². The predicted octanol–water partition coefficient (Wildman–Crippen LogP) is 0.795. The molecule has 0 saturated heterocycles. The summed E-state index contributed by atoms with van der Waals surface area (Å²) in [4.78, 5) is 23.8. The topological polar surface area (TPSA) is 70.2 Å². The summed E-state index contributed by atoms with van der Waals surface area (Å²) in [7, 11) is 0. The molecular formula is C7H7NO3S. The van der Waals surface area contributed by atoms with Crippen molar-refractivity contribution in [1.82, 2.24) is 4.98 Å². The zero-order valence-electron chi connectivity index (χ0n) is 6.33. The van der Waals surface area contributed by atoms with Gasteiger partial charge in [0.15, 0.2) is 0 Å². The number of nitrogens with one attached hydrogen (secondary N) is 1. The van der Waals surface area contributed by atoms with E-state index in [4.69, 9.17) is 5.11 Å². The van der Waals surface area contributed by atoms with E-state index in [1.54, 1.807) is 12.3 Å². The van der Waals surface area contributed by atoms with Gasteiger partial charge in [0.25, 0.3) is 5.56 Å². The largest absolute Gasteiger partial charge is 0.477 e. The summed E-state index contributed by atoms with van der Waals surface area (Å²) in [5.74, 6) is -1.20. The van der Waals surface area contributed by atoms with E-state index in [1.165, 1.54) is 17.8 Å². The average molecular weight is 185 g/mol. The number of pyridine rings is 1. The molecule has 0 aromatic carbocycles. The number of aromatic amines is 1. The highest BCUT2D eigenvalue weighted by Gasteiger charge is 2.07. The Hall–Kier alpha value is -1.23. The van der Waals surface area contributed by atoms with Crippen LogP contribution in [0.25, 0.3) is 0 Å². The number of aromatic nitrogens is 1. The van der Waals surface area contributed by atoms with Gasteiger partial charge in [-0.25, -0.2) is 4.79 Å². The molecule has 5 heteroatoms. The molecule has 0 amide bonds. The van der Waals surface area contributed by atoms with Gasteiger partial charge in [-0.3, -0.25) is 4.79 Å². The second-order valence-electron chi connectivity index (χ2n) is 2.07. The predicted molar refractivity (Wildman–Crippen MR) is 45.8 cm³/mol. The number of aromatic carboxylic acids is 1. The molecule has 0 aliphatic rings. The Kier molecular flexibility index (Phi) is 2.54. The van der Waals surface area contributed by atoms with E-state index in [9.17, 15) is 9.59 Å². The van der Waals surface area contributed by atoms with Gasteiger partial charge in [0.1, 0.15) is 5.56 Å². The van der Waals surface area contributed by atoms with Gasteiger partial charge < -0.3 is 10.1 Å². The highest BCUT2D eigenvalue weighted by Crippen LogP contribution is 2.08. The molecule has 1 aromatic rings. The fourth-order valence-corrected chi connectivity index (χ4v) is 1.14. The summed E-state index contributed by atoms with van der Waals surface area (Å²) in [6.07, 6.45) is 1.80. The molecule has 0 aliphatic carbocycles. The molecule has 1 rings (SSSR count). The molecule has 2 N–H and O–H groups in total. The van der Waals surface area contributed by atoms with Crippen LogP contribution in [0.15, 0.2) is 22.0 Å².